The van der Waals surface area contributed by atoms with E-state index in [4.69, 9.17) is 14.0 Å². The van der Waals surface area contributed by atoms with Crippen molar-refractivity contribution >= 4 is 27.6 Å². The van der Waals surface area contributed by atoms with Crippen LogP contribution < -0.4 is 9.47 Å². The summed E-state index contributed by atoms with van der Waals surface area (Å²) in [5.41, 5.74) is 1.14. The predicted octanol–water partition coefficient (Wildman–Crippen LogP) is 3.52. The van der Waals surface area contributed by atoms with Crippen LogP contribution in [0.4, 0.5) is 0 Å². The fourth-order valence-electron chi connectivity index (χ4n) is 1.65. The molecule has 0 aliphatic heterocycles. The predicted molar refractivity (Wildman–Crippen MR) is 77.2 cm³/mol. The molecule has 5 nitrogen and oxygen atoms in total. The Bertz CT molecular complexity index is 672. The maximum Gasteiger partial charge on any atom is 0.177 e. The Morgan fingerprint density at radius 1 is 1.35 bits per heavy atom. The summed E-state index contributed by atoms with van der Waals surface area (Å²) in [6.45, 7) is 0. The summed E-state index contributed by atoms with van der Waals surface area (Å²) in [5.74, 6) is 1.60. The first kappa shape index (κ1) is 14.2. The number of nitrogens with zero attached hydrogens (tertiary/aromatic N) is 2. The van der Waals surface area contributed by atoms with Crippen molar-refractivity contribution < 1.29 is 14.0 Å². The summed E-state index contributed by atoms with van der Waals surface area (Å²) in [4.78, 5) is 0. The smallest absolute Gasteiger partial charge is 0.177 e. The summed E-state index contributed by atoms with van der Waals surface area (Å²) in [7, 11) is 3.12. The van der Waals surface area contributed by atoms with E-state index in [-0.39, 0.29) is 0 Å². The van der Waals surface area contributed by atoms with E-state index in [0.29, 0.717) is 22.8 Å². The number of nitriles is 1. The van der Waals surface area contributed by atoms with E-state index < -0.39 is 0 Å². The third-order valence-corrected chi connectivity index (χ3v) is 3.31. The number of hydrogen-bond acceptors (Lipinski definition) is 5. The van der Waals surface area contributed by atoms with Crippen molar-refractivity contribution in [3.63, 3.8) is 0 Å². The second-order valence-electron chi connectivity index (χ2n) is 3.78. The second-order valence-corrected chi connectivity index (χ2v) is 4.63. The number of methoxy groups -OCH3 is 2. The molecule has 0 fully saturated rings. The lowest BCUT2D eigenvalue weighted by Gasteiger charge is -2.10. The second kappa shape index (κ2) is 6.26. The van der Waals surface area contributed by atoms with Gasteiger partial charge in [0.25, 0.3) is 0 Å². The largest absolute Gasteiger partial charge is 0.493 e. The molecule has 0 spiro atoms. The van der Waals surface area contributed by atoms with Gasteiger partial charge in [0.1, 0.15) is 6.07 Å². The van der Waals surface area contributed by atoms with Crippen molar-refractivity contribution in [2.45, 2.75) is 0 Å². The van der Waals surface area contributed by atoms with Crippen LogP contribution in [-0.4, -0.2) is 19.4 Å². The van der Waals surface area contributed by atoms with Gasteiger partial charge < -0.3 is 14.0 Å². The number of ether oxygens (including phenoxy) is 2. The zero-order valence-electron chi connectivity index (χ0n) is 10.9. The molecule has 0 unspecified atom stereocenters. The standard InChI is InChI=1S/C14H11BrN2O3/c1-18-13-6-9(11(15)7-14(13)19-2)5-10(8-16)12-3-4-17-20-12/h3-7H,1-2H3. The fourth-order valence-corrected chi connectivity index (χ4v) is 2.09. The van der Waals surface area contributed by atoms with E-state index in [1.165, 1.54) is 6.20 Å². The molecule has 6 heteroatoms. The maximum absolute atomic E-state index is 9.20. The summed E-state index contributed by atoms with van der Waals surface area (Å²) in [6, 6.07) is 7.26. The van der Waals surface area contributed by atoms with Gasteiger partial charge in [0.15, 0.2) is 17.3 Å². The van der Waals surface area contributed by atoms with Crippen LogP contribution in [0.15, 0.2) is 33.4 Å². The van der Waals surface area contributed by atoms with Crippen LogP contribution in [0.25, 0.3) is 11.6 Å². The lowest BCUT2D eigenvalue weighted by molar-refractivity contribution is 0.354. The molecule has 1 heterocycles. The molecule has 0 saturated heterocycles. The fraction of sp³-hybridized carbons (Fsp3) is 0.143. The highest BCUT2D eigenvalue weighted by Crippen LogP contribution is 2.35. The van der Waals surface area contributed by atoms with E-state index >= 15 is 0 Å². The zero-order chi connectivity index (χ0) is 14.5. The highest BCUT2D eigenvalue weighted by molar-refractivity contribution is 9.10. The van der Waals surface area contributed by atoms with Crippen LogP contribution in [0.5, 0.6) is 11.5 Å². The van der Waals surface area contributed by atoms with Gasteiger partial charge in [0.05, 0.1) is 26.0 Å². The van der Waals surface area contributed by atoms with E-state index in [0.717, 1.165) is 10.0 Å². The Balaban J connectivity index is 2.50. The average molecular weight is 335 g/mol. The topological polar surface area (TPSA) is 68.3 Å². The highest BCUT2D eigenvalue weighted by Gasteiger charge is 2.11. The minimum absolute atomic E-state index is 0.371. The lowest BCUT2D eigenvalue weighted by Crippen LogP contribution is -1.92. The quantitative estimate of drug-likeness (QED) is 0.800. The van der Waals surface area contributed by atoms with Crippen molar-refractivity contribution in [3.8, 4) is 17.6 Å². The molecular formula is C14H11BrN2O3. The van der Waals surface area contributed by atoms with Crippen LogP contribution in [0.3, 0.4) is 0 Å². The summed E-state index contributed by atoms with van der Waals surface area (Å²) in [6.07, 6.45) is 3.18. The Kier molecular flexibility index (Phi) is 4.43. The number of allylic oxidation sites excluding steroid dienone is 1. The van der Waals surface area contributed by atoms with Crippen molar-refractivity contribution in [2.24, 2.45) is 0 Å². The minimum Gasteiger partial charge on any atom is -0.493 e. The van der Waals surface area contributed by atoms with Crippen molar-refractivity contribution in [1.82, 2.24) is 5.16 Å². The highest BCUT2D eigenvalue weighted by atomic mass is 79.9. The summed E-state index contributed by atoms with van der Waals surface area (Å²) < 4.78 is 16.2. The first-order valence-corrected chi connectivity index (χ1v) is 6.43. The van der Waals surface area contributed by atoms with Crippen molar-refractivity contribution in [3.05, 3.63) is 40.2 Å². The molecule has 102 valence electrons. The first-order chi connectivity index (χ1) is 9.69. The van der Waals surface area contributed by atoms with Crippen LogP contribution in [0, 0.1) is 11.3 Å². The SMILES string of the molecule is COc1cc(Br)c(C=C(C#N)c2ccno2)cc1OC. The Morgan fingerprint density at radius 2 is 2.05 bits per heavy atom. The van der Waals surface area contributed by atoms with E-state index in [1.54, 1.807) is 38.5 Å². The molecule has 0 atom stereocenters. The molecule has 2 rings (SSSR count). The van der Waals surface area contributed by atoms with Crippen LogP contribution in [0.1, 0.15) is 11.3 Å². The van der Waals surface area contributed by atoms with Gasteiger partial charge in [-0.2, -0.15) is 5.26 Å². The van der Waals surface area contributed by atoms with Gasteiger partial charge in [-0.05, 0) is 23.8 Å². The molecule has 0 N–H and O–H groups in total. The molecule has 0 amide bonds. The third kappa shape index (κ3) is 2.83. The minimum atomic E-state index is 0.371. The third-order valence-electron chi connectivity index (χ3n) is 2.63. The van der Waals surface area contributed by atoms with Crippen molar-refractivity contribution in [1.29, 1.82) is 5.26 Å². The van der Waals surface area contributed by atoms with E-state index in [2.05, 4.69) is 27.2 Å². The van der Waals surface area contributed by atoms with Gasteiger partial charge in [-0.15, -0.1) is 0 Å². The molecule has 1 aromatic carbocycles. The van der Waals surface area contributed by atoms with E-state index in [9.17, 15) is 5.26 Å². The Labute approximate surface area is 124 Å². The monoisotopic (exact) mass is 334 g/mol. The Morgan fingerprint density at radius 3 is 2.60 bits per heavy atom. The van der Waals surface area contributed by atoms with Crippen LogP contribution >= 0.6 is 15.9 Å². The van der Waals surface area contributed by atoms with Crippen molar-refractivity contribution in [2.75, 3.05) is 14.2 Å². The number of aromatic nitrogens is 1. The summed E-state index contributed by atoms with van der Waals surface area (Å²) in [5, 5.41) is 12.8. The molecule has 1 aromatic heterocycles. The zero-order valence-corrected chi connectivity index (χ0v) is 12.5. The van der Waals surface area contributed by atoms with Gasteiger partial charge in [-0.3, -0.25) is 0 Å². The number of rotatable bonds is 4. The average Bonchev–Trinajstić information content (AvgIpc) is 2.99. The molecular weight excluding hydrogens is 324 g/mol. The molecule has 0 aliphatic carbocycles. The molecule has 0 saturated carbocycles. The van der Waals surface area contributed by atoms with Crippen LogP contribution in [0.2, 0.25) is 0 Å². The normalized spacial score (nSPS) is 11.0. The molecule has 20 heavy (non-hydrogen) atoms. The van der Waals surface area contributed by atoms with Gasteiger partial charge in [0.2, 0.25) is 0 Å². The van der Waals surface area contributed by atoms with Gasteiger partial charge >= 0.3 is 0 Å². The first-order valence-electron chi connectivity index (χ1n) is 5.64. The van der Waals surface area contributed by atoms with Gasteiger partial charge in [-0.1, -0.05) is 21.1 Å². The maximum atomic E-state index is 9.20. The van der Waals surface area contributed by atoms with Gasteiger partial charge in [-0.25, -0.2) is 0 Å². The molecule has 0 radical (unpaired) electrons. The lowest BCUT2D eigenvalue weighted by atomic mass is 10.1. The summed E-state index contributed by atoms with van der Waals surface area (Å²) >= 11 is 3.44. The van der Waals surface area contributed by atoms with Crippen LogP contribution in [-0.2, 0) is 0 Å². The molecule has 2 aromatic rings. The number of benzene rings is 1. The Hall–Kier alpha value is -2.26. The van der Waals surface area contributed by atoms with E-state index in [1.807, 2.05) is 0 Å². The number of hydrogen-bond donors (Lipinski definition) is 0. The van der Waals surface area contributed by atoms with Gasteiger partial charge in [0, 0.05) is 10.5 Å². The molecule has 0 bridgehead atoms. The number of halogens is 1. The molecule has 0 aliphatic rings.